The molecule has 172 valence electrons. The first-order valence-electron chi connectivity index (χ1n) is 9.98. The highest BCUT2D eigenvalue weighted by Gasteiger charge is 2.21. The lowest BCUT2D eigenvalue weighted by molar-refractivity contribution is -0.119. The number of rotatable bonds is 8. The number of aryl methyl sites for hydroxylation is 2. The Kier molecular flexibility index (Phi) is 7.68. The molecule has 0 saturated carbocycles. The minimum absolute atomic E-state index is 0.0254. The Labute approximate surface area is 195 Å². The molecule has 9 heteroatoms. The maximum Gasteiger partial charge on any atom is 0.340 e. The molecule has 0 aliphatic carbocycles. The van der Waals surface area contributed by atoms with Crippen LogP contribution in [0.5, 0.6) is 11.5 Å². The summed E-state index contributed by atoms with van der Waals surface area (Å²) >= 11 is 1.26. The number of ether oxygens (including phenoxy) is 3. The summed E-state index contributed by atoms with van der Waals surface area (Å²) in [7, 11) is 2.87. The van der Waals surface area contributed by atoms with Gasteiger partial charge in [-0.15, -0.1) is 11.3 Å². The van der Waals surface area contributed by atoms with Crippen LogP contribution in [-0.2, 0) is 9.53 Å². The summed E-state index contributed by atoms with van der Waals surface area (Å²) in [6.07, 6.45) is 0. The number of carbonyl (C=O) groups excluding carboxylic acids is 3. The van der Waals surface area contributed by atoms with Crippen molar-refractivity contribution in [3.05, 3.63) is 69.4 Å². The van der Waals surface area contributed by atoms with Crippen LogP contribution in [-0.4, -0.2) is 38.6 Å². The maximum absolute atomic E-state index is 12.8. The number of hydrogen-bond donors (Lipinski definition) is 2. The molecule has 0 atom stereocenters. The van der Waals surface area contributed by atoms with Crippen molar-refractivity contribution in [1.29, 1.82) is 0 Å². The average Bonchev–Trinajstić information content (AvgIpc) is 3.35. The first-order valence-corrected chi connectivity index (χ1v) is 10.9. The first kappa shape index (κ1) is 23.8. The first-order chi connectivity index (χ1) is 15.8. The zero-order chi connectivity index (χ0) is 24.0. The average molecular weight is 469 g/mol. The monoisotopic (exact) mass is 468 g/mol. The van der Waals surface area contributed by atoms with Gasteiger partial charge in [-0.3, -0.25) is 9.59 Å². The smallest absolute Gasteiger partial charge is 0.340 e. The Balaban J connectivity index is 1.79. The lowest BCUT2D eigenvalue weighted by atomic mass is 10.1. The summed E-state index contributed by atoms with van der Waals surface area (Å²) in [4.78, 5) is 38.3. The van der Waals surface area contributed by atoms with Gasteiger partial charge in [0.1, 0.15) is 0 Å². The van der Waals surface area contributed by atoms with Crippen molar-refractivity contribution in [3.63, 3.8) is 0 Å². The number of nitrogens with one attached hydrogen (secondary N) is 2. The number of benzene rings is 2. The summed E-state index contributed by atoms with van der Waals surface area (Å²) in [5.74, 6) is -1.07. The minimum atomic E-state index is -0.797. The summed E-state index contributed by atoms with van der Waals surface area (Å²) < 4.78 is 15.8. The molecule has 0 spiro atoms. The third-order valence-corrected chi connectivity index (χ3v) is 5.69. The Hall–Kier alpha value is -3.85. The van der Waals surface area contributed by atoms with E-state index in [0.717, 1.165) is 11.1 Å². The highest BCUT2D eigenvalue weighted by molar-refractivity contribution is 7.12. The highest BCUT2D eigenvalue weighted by Crippen LogP contribution is 2.34. The standard InChI is InChI=1S/C24H24N2O6S/c1-14-7-5-8-15(2)22(14)26-21(27)13-32-24(29)16-11-18(30-3)19(31-4)12-17(16)25-23(28)20-9-6-10-33-20/h5-12H,13H2,1-4H3,(H,25,28)(H,26,27). The van der Waals surface area contributed by atoms with Crippen molar-refractivity contribution in [1.82, 2.24) is 0 Å². The van der Waals surface area contributed by atoms with Crippen LogP contribution < -0.4 is 20.1 Å². The van der Waals surface area contributed by atoms with Gasteiger partial charge in [-0.1, -0.05) is 24.3 Å². The molecule has 0 aliphatic rings. The van der Waals surface area contributed by atoms with Crippen LogP contribution in [0.1, 0.15) is 31.2 Å². The lowest BCUT2D eigenvalue weighted by Crippen LogP contribution is -2.22. The SMILES string of the molecule is COc1cc(NC(=O)c2cccs2)c(C(=O)OCC(=O)Nc2c(C)cccc2C)cc1OC. The van der Waals surface area contributed by atoms with Gasteiger partial charge in [0.25, 0.3) is 11.8 Å². The van der Waals surface area contributed by atoms with Gasteiger partial charge in [0.15, 0.2) is 18.1 Å². The molecule has 0 fully saturated rings. The van der Waals surface area contributed by atoms with Crippen LogP contribution in [0.15, 0.2) is 47.8 Å². The molecule has 33 heavy (non-hydrogen) atoms. The molecule has 3 aromatic rings. The quantitative estimate of drug-likeness (QED) is 0.474. The van der Waals surface area contributed by atoms with Gasteiger partial charge in [0, 0.05) is 17.8 Å². The van der Waals surface area contributed by atoms with Crippen molar-refractivity contribution in [2.45, 2.75) is 13.8 Å². The largest absolute Gasteiger partial charge is 0.493 e. The van der Waals surface area contributed by atoms with E-state index in [-0.39, 0.29) is 22.9 Å². The van der Waals surface area contributed by atoms with E-state index < -0.39 is 18.5 Å². The van der Waals surface area contributed by atoms with Crippen molar-refractivity contribution in [2.24, 2.45) is 0 Å². The number of amides is 2. The molecule has 2 aromatic carbocycles. The number of methoxy groups -OCH3 is 2. The molecule has 0 aliphatic heterocycles. The van der Waals surface area contributed by atoms with E-state index in [4.69, 9.17) is 14.2 Å². The van der Waals surface area contributed by atoms with Gasteiger partial charge in [-0.25, -0.2) is 4.79 Å². The van der Waals surface area contributed by atoms with Gasteiger partial charge in [-0.2, -0.15) is 0 Å². The summed E-state index contributed by atoms with van der Waals surface area (Å²) in [6.45, 7) is 3.25. The van der Waals surface area contributed by atoms with E-state index in [1.807, 2.05) is 32.0 Å². The fourth-order valence-corrected chi connectivity index (χ4v) is 3.76. The van der Waals surface area contributed by atoms with Gasteiger partial charge in [0.2, 0.25) is 0 Å². The molecule has 1 aromatic heterocycles. The molecule has 2 amide bonds. The maximum atomic E-state index is 12.8. The molecule has 2 N–H and O–H groups in total. The van der Waals surface area contributed by atoms with Crippen molar-refractivity contribution in [3.8, 4) is 11.5 Å². The summed E-state index contributed by atoms with van der Waals surface area (Å²) in [5, 5.41) is 7.23. The van der Waals surface area contributed by atoms with E-state index in [1.165, 1.54) is 37.7 Å². The normalized spacial score (nSPS) is 10.3. The van der Waals surface area contributed by atoms with E-state index in [2.05, 4.69) is 10.6 Å². The topological polar surface area (TPSA) is 103 Å². The Morgan fingerprint density at radius 3 is 2.18 bits per heavy atom. The fraction of sp³-hybridized carbons (Fsp3) is 0.208. The number of esters is 1. The zero-order valence-electron chi connectivity index (χ0n) is 18.7. The Bertz CT molecular complexity index is 1150. The molecule has 0 saturated heterocycles. The van der Waals surface area contributed by atoms with Gasteiger partial charge in [-0.05, 0) is 36.4 Å². The molecular weight excluding hydrogens is 444 g/mol. The molecular formula is C24H24N2O6S. The van der Waals surface area contributed by atoms with Crippen LogP contribution in [0, 0.1) is 13.8 Å². The lowest BCUT2D eigenvalue weighted by Gasteiger charge is -2.15. The second-order valence-electron chi connectivity index (χ2n) is 7.08. The zero-order valence-corrected chi connectivity index (χ0v) is 19.5. The predicted molar refractivity (Wildman–Crippen MR) is 127 cm³/mol. The van der Waals surface area contributed by atoms with Crippen LogP contribution >= 0.6 is 11.3 Å². The predicted octanol–water partition coefficient (Wildman–Crippen LogP) is 4.43. The van der Waals surface area contributed by atoms with Crippen molar-refractivity contribution in [2.75, 3.05) is 31.5 Å². The molecule has 0 unspecified atom stereocenters. The molecule has 8 nitrogen and oxygen atoms in total. The van der Waals surface area contributed by atoms with Crippen molar-refractivity contribution < 1.29 is 28.6 Å². The van der Waals surface area contributed by atoms with Gasteiger partial charge >= 0.3 is 5.97 Å². The fourth-order valence-electron chi connectivity index (χ4n) is 3.14. The van der Waals surface area contributed by atoms with Crippen LogP contribution in [0.25, 0.3) is 0 Å². The second kappa shape index (κ2) is 10.6. The summed E-state index contributed by atoms with van der Waals surface area (Å²) in [5.41, 5.74) is 2.67. The number of hydrogen-bond acceptors (Lipinski definition) is 7. The van der Waals surface area contributed by atoms with Crippen LogP contribution in [0.3, 0.4) is 0 Å². The molecule has 1 heterocycles. The van der Waals surface area contributed by atoms with Crippen LogP contribution in [0.4, 0.5) is 11.4 Å². The van der Waals surface area contributed by atoms with E-state index >= 15 is 0 Å². The Morgan fingerprint density at radius 1 is 0.909 bits per heavy atom. The number of thiophene rings is 1. The molecule has 3 rings (SSSR count). The molecule has 0 bridgehead atoms. The number of anilines is 2. The molecule has 0 radical (unpaired) electrons. The third kappa shape index (κ3) is 5.69. The summed E-state index contributed by atoms with van der Waals surface area (Å²) in [6, 6.07) is 11.9. The second-order valence-corrected chi connectivity index (χ2v) is 8.02. The van der Waals surface area contributed by atoms with E-state index in [0.29, 0.717) is 16.3 Å². The van der Waals surface area contributed by atoms with Gasteiger partial charge < -0.3 is 24.8 Å². The number of para-hydroxylation sites is 1. The van der Waals surface area contributed by atoms with Crippen molar-refractivity contribution >= 4 is 40.5 Å². The third-order valence-electron chi connectivity index (χ3n) is 4.82. The van der Waals surface area contributed by atoms with Gasteiger partial charge in [0.05, 0.1) is 30.3 Å². The Morgan fingerprint density at radius 2 is 1.58 bits per heavy atom. The van der Waals surface area contributed by atoms with Crippen LogP contribution in [0.2, 0.25) is 0 Å². The van der Waals surface area contributed by atoms with E-state index in [1.54, 1.807) is 17.5 Å². The highest BCUT2D eigenvalue weighted by atomic mass is 32.1. The van der Waals surface area contributed by atoms with E-state index in [9.17, 15) is 14.4 Å². The minimum Gasteiger partial charge on any atom is -0.493 e. The number of carbonyl (C=O) groups is 3.